The summed E-state index contributed by atoms with van der Waals surface area (Å²) in [6.07, 6.45) is 0.627. The largest absolute Gasteiger partial charge is 0.489 e. The van der Waals surface area contributed by atoms with Crippen LogP contribution in [0.1, 0.15) is 23.6 Å². The van der Waals surface area contributed by atoms with E-state index in [9.17, 15) is 13.2 Å². The number of nitrogens with zero attached hydrogens (tertiary/aromatic N) is 1. The summed E-state index contributed by atoms with van der Waals surface area (Å²) in [4.78, 5) is 13.2. The van der Waals surface area contributed by atoms with Gasteiger partial charge in [0.2, 0.25) is 5.91 Å². The number of anilines is 2. The minimum absolute atomic E-state index is 0.136. The molecule has 0 saturated heterocycles. The molecular weight excluding hydrogens is 484 g/mol. The molecule has 1 N–H and O–H groups in total. The van der Waals surface area contributed by atoms with Gasteiger partial charge in [-0.05, 0) is 66.9 Å². The summed E-state index contributed by atoms with van der Waals surface area (Å²) in [6.45, 7) is 3.93. The molecule has 6 nitrogen and oxygen atoms in total. The second-order valence-electron chi connectivity index (χ2n) is 8.65. The maximum absolute atomic E-state index is 13.7. The number of carbonyl (C=O) groups is 1. The number of carbonyl (C=O) groups excluding carboxylic acids is 1. The van der Waals surface area contributed by atoms with Gasteiger partial charge >= 0.3 is 0 Å². The fourth-order valence-electron chi connectivity index (χ4n) is 3.90. The van der Waals surface area contributed by atoms with Crippen molar-refractivity contribution in [3.05, 3.63) is 120 Å². The van der Waals surface area contributed by atoms with Crippen LogP contribution >= 0.6 is 0 Å². The van der Waals surface area contributed by atoms with Crippen LogP contribution in [-0.2, 0) is 27.8 Å². The van der Waals surface area contributed by atoms with Crippen LogP contribution in [0.3, 0.4) is 0 Å². The topological polar surface area (TPSA) is 75.7 Å². The van der Waals surface area contributed by atoms with Crippen molar-refractivity contribution in [1.29, 1.82) is 0 Å². The molecule has 4 rings (SSSR count). The van der Waals surface area contributed by atoms with Crippen molar-refractivity contribution < 1.29 is 17.9 Å². The maximum atomic E-state index is 13.7. The van der Waals surface area contributed by atoms with Crippen LogP contribution in [-0.4, -0.2) is 20.9 Å². The molecule has 0 unspecified atom stereocenters. The van der Waals surface area contributed by atoms with Gasteiger partial charge < -0.3 is 10.1 Å². The van der Waals surface area contributed by atoms with Crippen LogP contribution in [0.5, 0.6) is 5.75 Å². The van der Waals surface area contributed by atoms with Gasteiger partial charge in [0.25, 0.3) is 10.0 Å². The highest BCUT2D eigenvalue weighted by Gasteiger charge is 2.28. The zero-order valence-corrected chi connectivity index (χ0v) is 21.7. The highest BCUT2D eigenvalue weighted by molar-refractivity contribution is 7.92. The molecular formula is C30H30N2O4S. The van der Waals surface area contributed by atoms with Crippen molar-refractivity contribution in [1.82, 2.24) is 0 Å². The van der Waals surface area contributed by atoms with E-state index in [2.05, 4.69) is 5.32 Å². The summed E-state index contributed by atoms with van der Waals surface area (Å²) in [5.74, 6) is 0.224. The minimum atomic E-state index is -3.98. The number of para-hydroxylation sites is 1. The molecule has 0 aliphatic rings. The average molecular weight is 515 g/mol. The minimum Gasteiger partial charge on any atom is -0.489 e. The Balaban J connectivity index is 1.51. The summed E-state index contributed by atoms with van der Waals surface area (Å²) in [6, 6.07) is 30.7. The quantitative estimate of drug-likeness (QED) is 0.283. The van der Waals surface area contributed by atoms with E-state index in [0.29, 0.717) is 30.2 Å². The van der Waals surface area contributed by atoms with Crippen LogP contribution in [0.2, 0.25) is 0 Å². The molecule has 0 radical (unpaired) electrons. The second-order valence-corrected chi connectivity index (χ2v) is 10.5. The second kappa shape index (κ2) is 11.8. The number of benzene rings is 4. The third kappa shape index (κ3) is 6.57. The molecule has 0 aliphatic carbocycles. The molecule has 0 saturated carbocycles. The van der Waals surface area contributed by atoms with Gasteiger partial charge in [-0.25, -0.2) is 8.42 Å². The van der Waals surface area contributed by atoms with Crippen LogP contribution in [0.25, 0.3) is 0 Å². The van der Waals surface area contributed by atoms with E-state index < -0.39 is 15.9 Å². The van der Waals surface area contributed by atoms with E-state index in [1.54, 1.807) is 60.7 Å². The zero-order valence-electron chi connectivity index (χ0n) is 20.9. The first-order valence-corrected chi connectivity index (χ1v) is 13.5. The van der Waals surface area contributed by atoms with Crippen molar-refractivity contribution in [3.8, 4) is 5.75 Å². The Morgan fingerprint density at radius 3 is 2.16 bits per heavy atom. The highest BCUT2D eigenvalue weighted by Crippen LogP contribution is 2.28. The highest BCUT2D eigenvalue weighted by atomic mass is 32.2. The predicted molar refractivity (Wildman–Crippen MR) is 147 cm³/mol. The molecule has 0 bridgehead atoms. The van der Waals surface area contributed by atoms with Gasteiger partial charge in [-0.15, -0.1) is 0 Å². The molecule has 37 heavy (non-hydrogen) atoms. The smallest absolute Gasteiger partial charge is 0.264 e. The molecule has 0 heterocycles. The third-order valence-electron chi connectivity index (χ3n) is 5.92. The number of nitrogens with one attached hydrogen (secondary N) is 1. The molecule has 0 aliphatic heterocycles. The Kier molecular flexibility index (Phi) is 8.25. The summed E-state index contributed by atoms with van der Waals surface area (Å²) in [5.41, 5.74) is 3.89. The number of ether oxygens (including phenoxy) is 1. The predicted octanol–water partition coefficient (Wildman–Crippen LogP) is 5.97. The molecule has 7 heteroatoms. The molecule has 0 aromatic heterocycles. The van der Waals surface area contributed by atoms with E-state index in [-0.39, 0.29) is 11.4 Å². The van der Waals surface area contributed by atoms with E-state index >= 15 is 0 Å². The summed E-state index contributed by atoms with van der Waals surface area (Å²) in [7, 11) is -3.98. The lowest BCUT2D eigenvalue weighted by Crippen LogP contribution is -2.38. The number of hydrogen-bond acceptors (Lipinski definition) is 4. The SMILES string of the molecule is CCc1ccccc1N(CC(=O)Nc1ccc(OCc2ccccc2)cc1)S(=O)(=O)c1ccc(C)cc1. The van der Waals surface area contributed by atoms with Gasteiger partial charge in [0, 0.05) is 5.69 Å². The fraction of sp³-hybridized carbons (Fsp3) is 0.167. The van der Waals surface area contributed by atoms with Gasteiger partial charge in [-0.2, -0.15) is 0 Å². The third-order valence-corrected chi connectivity index (χ3v) is 7.70. The first-order chi connectivity index (χ1) is 17.9. The molecule has 4 aromatic rings. The number of hydrogen-bond donors (Lipinski definition) is 1. The number of aryl methyl sites for hydroxylation is 2. The Hall–Kier alpha value is -4.10. The van der Waals surface area contributed by atoms with Crippen molar-refractivity contribution in [2.75, 3.05) is 16.2 Å². The molecule has 0 fully saturated rings. The van der Waals surface area contributed by atoms with E-state index in [1.165, 1.54) is 4.31 Å². The normalized spacial score (nSPS) is 11.1. The summed E-state index contributed by atoms with van der Waals surface area (Å²) >= 11 is 0. The van der Waals surface area contributed by atoms with E-state index in [1.807, 2.05) is 56.3 Å². The number of sulfonamides is 1. The van der Waals surface area contributed by atoms with Crippen LogP contribution in [0, 0.1) is 6.92 Å². The van der Waals surface area contributed by atoms with E-state index in [4.69, 9.17) is 4.74 Å². The van der Waals surface area contributed by atoms with Crippen LogP contribution in [0.15, 0.2) is 108 Å². The first-order valence-electron chi connectivity index (χ1n) is 12.1. The van der Waals surface area contributed by atoms with Gasteiger partial charge in [-0.1, -0.05) is 73.2 Å². The van der Waals surface area contributed by atoms with Crippen molar-refractivity contribution in [3.63, 3.8) is 0 Å². The van der Waals surface area contributed by atoms with Gasteiger partial charge in [0.1, 0.15) is 18.9 Å². The zero-order chi connectivity index (χ0) is 26.3. The van der Waals surface area contributed by atoms with Crippen molar-refractivity contribution in [2.45, 2.75) is 31.8 Å². The van der Waals surface area contributed by atoms with Crippen molar-refractivity contribution in [2.24, 2.45) is 0 Å². The van der Waals surface area contributed by atoms with Crippen LogP contribution in [0.4, 0.5) is 11.4 Å². The number of rotatable bonds is 10. The van der Waals surface area contributed by atoms with Gasteiger partial charge in [0.05, 0.1) is 10.6 Å². The standard InChI is InChI=1S/C30H30N2O4S/c1-3-25-11-7-8-12-29(25)32(37(34,35)28-19-13-23(2)14-20-28)21-30(33)31-26-15-17-27(18-16-26)36-22-24-9-5-4-6-10-24/h4-20H,3,21-22H2,1-2H3,(H,31,33). The number of amides is 1. The van der Waals surface area contributed by atoms with Gasteiger partial charge in [-0.3, -0.25) is 9.10 Å². The lowest BCUT2D eigenvalue weighted by Gasteiger charge is -2.26. The summed E-state index contributed by atoms with van der Waals surface area (Å²) in [5, 5.41) is 2.81. The average Bonchev–Trinajstić information content (AvgIpc) is 2.92. The molecule has 0 spiro atoms. The van der Waals surface area contributed by atoms with Crippen molar-refractivity contribution >= 4 is 27.3 Å². The molecule has 4 aromatic carbocycles. The summed E-state index contributed by atoms with van der Waals surface area (Å²) < 4.78 is 34.3. The Morgan fingerprint density at radius 1 is 0.838 bits per heavy atom. The monoisotopic (exact) mass is 514 g/mol. The fourth-order valence-corrected chi connectivity index (χ4v) is 5.36. The maximum Gasteiger partial charge on any atom is 0.264 e. The van der Waals surface area contributed by atoms with Gasteiger partial charge in [0.15, 0.2) is 0 Å². The lowest BCUT2D eigenvalue weighted by molar-refractivity contribution is -0.114. The Bertz CT molecular complexity index is 1440. The first kappa shape index (κ1) is 26.0. The molecule has 190 valence electrons. The Labute approximate surface area is 218 Å². The molecule has 0 atom stereocenters. The van der Waals surface area contributed by atoms with Crippen LogP contribution < -0.4 is 14.4 Å². The lowest BCUT2D eigenvalue weighted by atomic mass is 10.1. The Morgan fingerprint density at radius 2 is 1.49 bits per heavy atom. The van der Waals surface area contributed by atoms with E-state index in [0.717, 1.165) is 16.7 Å². The molecule has 1 amide bonds.